The number of fused-ring (bicyclic) bond motifs is 1. The molecule has 152 valence electrons. The van der Waals surface area contributed by atoms with E-state index in [1.54, 1.807) is 14.2 Å². The summed E-state index contributed by atoms with van der Waals surface area (Å²) in [5, 5.41) is 5.24. The molecule has 0 heterocycles. The summed E-state index contributed by atoms with van der Waals surface area (Å²) in [7, 11) is 3.22. The van der Waals surface area contributed by atoms with Gasteiger partial charge in [0.2, 0.25) is 0 Å². The van der Waals surface area contributed by atoms with Crippen LogP contribution in [0.2, 0.25) is 0 Å². The molecule has 0 aliphatic heterocycles. The Bertz CT molecular complexity index is 986. The van der Waals surface area contributed by atoms with Crippen molar-refractivity contribution in [3.05, 3.63) is 66.2 Å². The first-order chi connectivity index (χ1) is 14.0. The molecule has 1 N–H and O–H groups in total. The van der Waals surface area contributed by atoms with Gasteiger partial charge in [0.05, 0.1) is 20.3 Å². The zero-order chi connectivity index (χ0) is 20.8. The fraction of sp³-hybridized carbons (Fsp3) is 0.292. The molecule has 5 nitrogen and oxygen atoms in total. The van der Waals surface area contributed by atoms with Gasteiger partial charge in [0.25, 0.3) is 5.91 Å². The molecule has 0 fully saturated rings. The van der Waals surface area contributed by atoms with E-state index in [9.17, 15) is 4.79 Å². The van der Waals surface area contributed by atoms with Gasteiger partial charge in [-0.2, -0.15) is 0 Å². The summed E-state index contributed by atoms with van der Waals surface area (Å²) >= 11 is 0. The number of benzene rings is 3. The monoisotopic (exact) mass is 393 g/mol. The van der Waals surface area contributed by atoms with Crippen LogP contribution in [-0.4, -0.2) is 26.2 Å². The maximum Gasteiger partial charge on any atom is 0.261 e. The predicted molar refractivity (Wildman–Crippen MR) is 115 cm³/mol. The van der Waals surface area contributed by atoms with Gasteiger partial charge in [0.1, 0.15) is 17.2 Å². The van der Waals surface area contributed by atoms with Gasteiger partial charge in [-0.15, -0.1) is 0 Å². The van der Waals surface area contributed by atoms with E-state index in [2.05, 4.69) is 5.32 Å². The number of carbonyl (C=O) groups excluding carboxylic acids is 1. The molecule has 0 saturated heterocycles. The number of ether oxygens (including phenoxy) is 3. The van der Waals surface area contributed by atoms with Crippen molar-refractivity contribution < 1.29 is 19.0 Å². The van der Waals surface area contributed by atoms with Crippen LogP contribution in [0, 0.1) is 0 Å². The Morgan fingerprint density at radius 1 is 0.931 bits per heavy atom. The van der Waals surface area contributed by atoms with E-state index in [4.69, 9.17) is 14.2 Å². The minimum atomic E-state index is -0.588. The summed E-state index contributed by atoms with van der Waals surface area (Å²) < 4.78 is 16.7. The van der Waals surface area contributed by atoms with Crippen LogP contribution in [0.15, 0.2) is 60.7 Å². The molecule has 5 heteroatoms. The summed E-state index contributed by atoms with van der Waals surface area (Å²) in [4.78, 5) is 12.9. The van der Waals surface area contributed by atoms with Crippen LogP contribution < -0.4 is 19.5 Å². The van der Waals surface area contributed by atoms with E-state index >= 15 is 0 Å². The summed E-state index contributed by atoms with van der Waals surface area (Å²) in [6, 6.07) is 19.2. The molecule has 0 spiro atoms. The highest BCUT2D eigenvalue weighted by molar-refractivity contribution is 5.84. The summed E-state index contributed by atoms with van der Waals surface area (Å²) in [6.07, 6.45) is -0.0316. The van der Waals surface area contributed by atoms with Crippen molar-refractivity contribution in [3.8, 4) is 17.2 Å². The highest BCUT2D eigenvalue weighted by atomic mass is 16.5. The third-order valence-corrected chi connectivity index (χ3v) is 4.92. The molecular weight excluding hydrogens is 366 g/mol. The molecule has 2 atom stereocenters. The largest absolute Gasteiger partial charge is 0.497 e. The maximum absolute atomic E-state index is 12.9. The third-order valence-electron chi connectivity index (χ3n) is 4.92. The van der Waals surface area contributed by atoms with Crippen molar-refractivity contribution >= 4 is 16.7 Å². The van der Waals surface area contributed by atoms with Gasteiger partial charge in [-0.05, 0) is 54.4 Å². The lowest BCUT2D eigenvalue weighted by atomic mass is 10.1. The Morgan fingerprint density at radius 3 is 2.34 bits per heavy atom. The van der Waals surface area contributed by atoms with Gasteiger partial charge >= 0.3 is 0 Å². The molecule has 3 aromatic rings. The molecule has 29 heavy (non-hydrogen) atoms. The van der Waals surface area contributed by atoms with Gasteiger partial charge in [0, 0.05) is 5.56 Å². The maximum atomic E-state index is 12.9. The van der Waals surface area contributed by atoms with Gasteiger partial charge in [-0.3, -0.25) is 4.79 Å². The predicted octanol–water partition coefficient (Wildman–Crippen LogP) is 4.89. The van der Waals surface area contributed by atoms with Gasteiger partial charge in [-0.1, -0.05) is 37.3 Å². The van der Waals surface area contributed by atoms with Crippen LogP contribution in [0.5, 0.6) is 17.2 Å². The number of amides is 1. The SMILES string of the molecule is CC[C@@H](Oc1ccc2ccccc2c1)C(=O)N[C@@H](C)c1cc(OC)ccc1OC. The molecule has 0 aliphatic rings. The van der Waals surface area contributed by atoms with Crippen LogP contribution in [0.3, 0.4) is 0 Å². The van der Waals surface area contributed by atoms with Gasteiger partial charge in [0.15, 0.2) is 6.10 Å². The lowest BCUT2D eigenvalue weighted by Gasteiger charge is -2.22. The Morgan fingerprint density at radius 2 is 1.66 bits per heavy atom. The quantitative estimate of drug-likeness (QED) is 0.592. The normalized spacial score (nSPS) is 12.8. The molecule has 3 rings (SSSR count). The molecule has 0 saturated carbocycles. The Balaban J connectivity index is 1.73. The number of nitrogens with one attached hydrogen (secondary N) is 1. The highest BCUT2D eigenvalue weighted by Gasteiger charge is 2.22. The number of rotatable bonds is 8. The first-order valence-corrected chi connectivity index (χ1v) is 9.73. The lowest BCUT2D eigenvalue weighted by Crippen LogP contribution is -2.39. The van der Waals surface area contributed by atoms with Crippen molar-refractivity contribution in [2.75, 3.05) is 14.2 Å². The van der Waals surface area contributed by atoms with E-state index in [-0.39, 0.29) is 11.9 Å². The van der Waals surface area contributed by atoms with Crippen LogP contribution in [0.1, 0.15) is 31.9 Å². The minimum Gasteiger partial charge on any atom is -0.497 e. The van der Waals surface area contributed by atoms with Crippen LogP contribution in [-0.2, 0) is 4.79 Å². The first kappa shape index (κ1) is 20.5. The van der Waals surface area contributed by atoms with Crippen molar-refractivity contribution in [1.29, 1.82) is 0 Å². The molecule has 0 radical (unpaired) electrons. The molecule has 1 amide bonds. The fourth-order valence-electron chi connectivity index (χ4n) is 3.29. The van der Waals surface area contributed by atoms with Gasteiger partial charge < -0.3 is 19.5 Å². The smallest absolute Gasteiger partial charge is 0.261 e. The Labute approximate surface area is 171 Å². The zero-order valence-electron chi connectivity index (χ0n) is 17.3. The number of hydrogen-bond acceptors (Lipinski definition) is 4. The average Bonchev–Trinajstić information content (AvgIpc) is 2.76. The summed E-state index contributed by atoms with van der Waals surface area (Å²) in [6.45, 7) is 3.85. The number of methoxy groups -OCH3 is 2. The molecule has 0 aliphatic carbocycles. The van der Waals surface area contributed by atoms with E-state index < -0.39 is 6.10 Å². The third kappa shape index (κ3) is 4.80. The fourth-order valence-corrected chi connectivity index (χ4v) is 3.29. The Kier molecular flexibility index (Phi) is 6.60. The van der Waals surface area contributed by atoms with Crippen molar-refractivity contribution in [3.63, 3.8) is 0 Å². The van der Waals surface area contributed by atoms with Gasteiger partial charge in [-0.25, -0.2) is 0 Å². The van der Waals surface area contributed by atoms with Crippen molar-refractivity contribution in [1.82, 2.24) is 5.32 Å². The van der Waals surface area contributed by atoms with E-state index in [1.807, 2.05) is 74.5 Å². The minimum absolute atomic E-state index is 0.168. The molecular formula is C24H27NO4. The second-order valence-corrected chi connectivity index (χ2v) is 6.86. The number of carbonyl (C=O) groups is 1. The topological polar surface area (TPSA) is 56.8 Å². The van der Waals surface area contributed by atoms with Crippen LogP contribution in [0.25, 0.3) is 10.8 Å². The first-order valence-electron chi connectivity index (χ1n) is 9.73. The highest BCUT2D eigenvalue weighted by Crippen LogP contribution is 2.29. The Hall–Kier alpha value is -3.21. The molecule has 0 unspecified atom stereocenters. The van der Waals surface area contributed by atoms with Crippen molar-refractivity contribution in [2.24, 2.45) is 0 Å². The van der Waals surface area contributed by atoms with Crippen LogP contribution >= 0.6 is 0 Å². The molecule has 0 aromatic heterocycles. The van der Waals surface area contributed by atoms with E-state index in [1.165, 1.54) is 0 Å². The zero-order valence-corrected chi connectivity index (χ0v) is 17.3. The summed E-state index contributed by atoms with van der Waals surface area (Å²) in [5.74, 6) is 1.92. The van der Waals surface area contributed by atoms with E-state index in [0.717, 1.165) is 16.3 Å². The lowest BCUT2D eigenvalue weighted by molar-refractivity contribution is -0.128. The number of hydrogen-bond donors (Lipinski definition) is 1. The van der Waals surface area contributed by atoms with E-state index in [0.29, 0.717) is 23.7 Å². The van der Waals surface area contributed by atoms with Crippen molar-refractivity contribution in [2.45, 2.75) is 32.4 Å². The second kappa shape index (κ2) is 9.32. The molecule has 0 bridgehead atoms. The summed E-state index contributed by atoms with van der Waals surface area (Å²) in [5.41, 5.74) is 0.848. The second-order valence-electron chi connectivity index (χ2n) is 6.86. The molecule has 3 aromatic carbocycles. The standard InChI is InChI=1S/C24H27NO4/c1-5-22(29-20-11-10-17-8-6-7-9-18(17)14-20)24(26)25-16(2)21-15-19(27-3)12-13-23(21)28-4/h6-16,22H,5H2,1-4H3,(H,25,26)/t16-,22+/m0/s1. The average molecular weight is 393 g/mol. The van der Waals surface area contributed by atoms with Crippen LogP contribution in [0.4, 0.5) is 0 Å².